The molecule has 0 spiro atoms. The van der Waals surface area contributed by atoms with Crippen LogP contribution in [0.3, 0.4) is 0 Å². The maximum Gasteiger partial charge on any atom is 0.125 e. The van der Waals surface area contributed by atoms with Crippen LogP contribution in [0.2, 0.25) is 0 Å². The number of allylic oxidation sites excluding steroid dienone is 1. The van der Waals surface area contributed by atoms with E-state index in [0.29, 0.717) is 0 Å². The van der Waals surface area contributed by atoms with E-state index in [1.54, 1.807) is 6.92 Å². The van der Waals surface area contributed by atoms with Crippen LogP contribution in [0.1, 0.15) is 37.9 Å². The van der Waals surface area contributed by atoms with Gasteiger partial charge in [0.1, 0.15) is 11.9 Å². The van der Waals surface area contributed by atoms with Gasteiger partial charge in [-0.15, -0.1) is 0 Å². The topological polar surface area (TPSA) is 29.5 Å². The predicted octanol–water partition coefficient (Wildman–Crippen LogP) is 3.23. The average molecular weight is 218 g/mol. The van der Waals surface area contributed by atoms with Crippen molar-refractivity contribution in [3.8, 4) is 5.75 Å². The lowest BCUT2D eigenvalue weighted by molar-refractivity contribution is 0.180. The van der Waals surface area contributed by atoms with Gasteiger partial charge < -0.3 is 9.84 Å². The van der Waals surface area contributed by atoms with Gasteiger partial charge in [-0.2, -0.15) is 0 Å². The van der Waals surface area contributed by atoms with Crippen molar-refractivity contribution in [3.05, 3.63) is 42.0 Å². The normalized spacial score (nSPS) is 21.8. The highest BCUT2D eigenvalue weighted by Gasteiger charge is 2.13. The van der Waals surface area contributed by atoms with E-state index in [4.69, 9.17) is 4.74 Å². The molecule has 1 N–H and O–H groups in total. The van der Waals surface area contributed by atoms with E-state index >= 15 is 0 Å². The molecule has 0 saturated carbocycles. The lowest BCUT2D eigenvalue weighted by Gasteiger charge is -2.21. The fourth-order valence-corrected chi connectivity index (χ4v) is 1.98. The van der Waals surface area contributed by atoms with Gasteiger partial charge in [-0.1, -0.05) is 24.3 Å². The van der Waals surface area contributed by atoms with E-state index in [-0.39, 0.29) is 6.10 Å². The number of hydrogen-bond acceptors (Lipinski definition) is 2. The fraction of sp³-hybridized carbons (Fsp3) is 0.429. The molecule has 0 aliphatic heterocycles. The molecule has 1 aromatic carbocycles. The molecule has 16 heavy (non-hydrogen) atoms. The summed E-state index contributed by atoms with van der Waals surface area (Å²) in [6.07, 6.45) is 7.35. The molecule has 0 saturated heterocycles. The fourth-order valence-electron chi connectivity index (χ4n) is 1.98. The van der Waals surface area contributed by atoms with Crippen molar-refractivity contribution in [1.82, 2.24) is 0 Å². The molecular formula is C14H18O2. The van der Waals surface area contributed by atoms with Gasteiger partial charge in [-0.05, 0) is 38.3 Å². The summed E-state index contributed by atoms with van der Waals surface area (Å²) < 4.78 is 5.90. The molecule has 0 amide bonds. The smallest absolute Gasteiger partial charge is 0.125 e. The lowest BCUT2D eigenvalue weighted by Crippen LogP contribution is -2.16. The number of rotatable bonds is 3. The third kappa shape index (κ3) is 2.64. The Morgan fingerprint density at radius 3 is 2.88 bits per heavy atom. The van der Waals surface area contributed by atoms with Crippen LogP contribution in [-0.4, -0.2) is 11.2 Å². The quantitative estimate of drug-likeness (QED) is 0.789. The average Bonchev–Trinajstić information content (AvgIpc) is 2.31. The van der Waals surface area contributed by atoms with E-state index in [0.717, 1.165) is 24.2 Å². The molecule has 2 nitrogen and oxygen atoms in total. The molecule has 0 fully saturated rings. The summed E-state index contributed by atoms with van der Waals surface area (Å²) in [5.41, 5.74) is 0.862. The summed E-state index contributed by atoms with van der Waals surface area (Å²) in [6, 6.07) is 7.69. The van der Waals surface area contributed by atoms with Crippen molar-refractivity contribution < 1.29 is 9.84 Å². The minimum absolute atomic E-state index is 0.161. The minimum atomic E-state index is -0.483. The monoisotopic (exact) mass is 218 g/mol. The molecule has 2 rings (SSSR count). The standard InChI is InChI=1S/C14H18O2/c1-11(15)13-9-5-6-10-14(13)16-12-7-3-2-4-8-12/h3,5-7,9-12,15H,2,4,8H2,1H3/t11-,12?/m1/s1. The van der Waals surface area contributed by atoms with Gasteiger partial charge in [-0.25, -0.2) is 0 Å². The second kappa shape index (κ2) is 5.17. The predicted molar refractivity (Wildman–Crippen MR) is 64.5 cm³/mol. The molecule has 2 atom stereocenters. The van der Waals surface area contributed by atoms with Crippen LogP contribution in [0, 0.1) is 0 Å². The zero-order valence-corrected chi connectivity index (χ0v) is 9.60. The van der Waals surface area contributed by atoms with Gasteiger partial charge in [-0.3, -0.25) is 0 Å². The van der Waals surface area contributed by atoms with Gasteiger partial charge in [0.05, 0.1) is 6.10 Å². The Balaban J connectivity index is 2.13. The minimum Gasteiger partial charge on any atom is -0.486 e. The van der Waals surface area contributed by atoms with Crippen LogP contribution in [0.5, 0.6) is 5.75 Å². The largest absolute Gasteiger partial charge is 0.486 e. The first-order valence-corrected chi connectivity index (χ1v) is 5.87. The van der Waals surface area contributed by atoms with Gasteiger partial charge >= 0.3 is 0 Å². The number of benzene rings is 1. The molecule has 1 aliphatic rings. The Labute approximate surface area is 96.6 Å². The van der Waals surface area contributed by atoms with Crippen LogP contribution in [0.15, 0.2) is 36.4 Å². The number of hydrogen-bond donors (Lipinski definition) is 1. The zero-order chi connectivity index (χ0) is 11.4. The summed E-state index contributed by atoms with van der Waals surface area (Å²) in [5, 5.41) is 9.64. The van der Waals surface area contributed by atoms with Gasteiger partial charge in [0, 0.05) is 5.56 Å². The van der Waals surface area contributed by atoms with E-state index in [9.17, 15) is 5.11 Å². The van der Waals surface area contributed by atoms with Crippen LogP contribution in [0.25, 0.3) is 0 Å². The molecule has 0 aromatic heterocycles. The molecule has 0 bridgehead atoms. The van der Waals surface area contributed by atoms with E-state index < -0.39 is 6.10 Å². The lowest BCUT2D eigenvalue weighted by atomic mass is 10.0. The Hall–Kier alpha value is -1.28. The summed E-state index contributed by atoms with van der Waals surface area (Å²) in [6.45, 7) is 1.76. The van der Waals surface area contributed by atoms with Crippen LogP contribution < -0.4 is 4.74 Å². The van der Waals surface area contributed by atoms with E-state index in [1.165, 1.54) is 6.42 Å². The number of para-hydroxylation sites is 1. The molecule has 1 unspecified atom stereocenters. The molecule has 0 heterocycles. The van der Waals surface area contributed by atoms with E-state index in [2.05, 4.69) is 12.2 Å². The van der Waals surface area contributed by atoms with Gasteiger partial charge in [0.2, 0.25) is 0 Å². The highest BCUT2D eigenvalue weighted by atomic mass is 16.5. The van der Waals surface area contributed by atoms with Gasteiger partial charge in [0.25, 0.3) is 0 Å². The van der Waals surface area contributed by atoms with Crippen LogP contribution in [0.4, 0.5) is 0 Å². The van der Waals surface area contributed by atoms with E-state index in [1.807, 2.05) is 24.3 Å². The summed E-state index contributed by atoms with van der Waals surface area (Å²) >= 11 is 0. The summed E-state index contributed by atoms with van der Waals surface area (Å²) in [7, 11) is 0. The summed E-state index contributed by atoms with van der Waals surface area (Å²) in [4.78, 5) is 0. The second-order valence-corrected chi connectivity index (χ2v) is 4.23. The number of aliphatic hydroxyl groups is 1. The van der Waals surface area contributed by atoms with Crippen LogP contribution in [-0.2, 0) is 0 Å². The van der Waals surface area contributed by atoms with Crippen molar-refractivity contribution in [2.75, 3.05) is 0 Å². The molecular weight excluding hydrogens is 200 g/mol. The molecule has 2 heteroatoms. The molecule has 86 valence electrons. The highest BCUT2D eigenvalue weighted by Crippen LogP contribution is 2.27. The SMILES string of the molecule is C[C@@H](O)c1ccccc1OC1C=CCCC1. The third-order valence-electron chi connectivity index (χ3n) is 2.86. The van der Waals surface area contributed by atoms with Crippen molar-refractivity contribution >= 4 is 0 Å². The Morgan fingerprint density at radius 1 is 1.38 bits per heavy atom. The number of ether oxygens (including phenoxy) is 1. The first-order valence-electron chi connectivity index (χ1n) is 5.87. The van der Waals surface area contributed by atoms with Crippen LogP contribution >= 0.6 is 0 Å². The molecule has 1 aliphatic carbocycles. The van der Waals surface area contributed by atoms with Crippen molar-refractivity contribution in [2.24, 2.45) is 0 Å². The molecule has 1 aromatic rings. The Kier molecular flexibility index (Phi) is 3.62. The first kappa shape index (κ1) is 11.2. The summed E-state index contributed by atoms with van der Waals surface area (Å²) in [5.74, 6) is 0.800. The first-order chi connectivity index (χ1) is 7.77. The van der Waals surface area contributed by atoms with Crippen molar-refractivity contribution in [1.29, 1.82) is 0 Å². The number of aliphatic hydroxyl groups excluding tert-OH is 1. The third-order valence-corrected chi connectivity index (χ3v) is 2.86. The Morgan fingerprint density at radius 2 is 2.19 bits per heavy atom. The maximum atomic E-state index is 9.64. The van der Waals surface area contributed by atoms with Crippen molar-refractivity contribution in [2.45, 2.75) is 38.4 Å². The second-order valence-electron chi connectivity index (χ2n) is 4.23. The maximum absolute atomic E-state index is 9.64. The highest BCUT2D eigenvalue weighted by molar-refractivity contribution is 5.35. The molecule has 0 radical (unpaired) electrons. The van der Waals surface area contributed by atoms with Crippen molar-refractivity contribution in [3.63, 3.8) is 0 Å². The van der Waals surface area contributed by atoms with Gasteiger partial charge in [0.15, 0.2) is 0 Å². The Bertz CT molecular complexity index is 369. The zero-order valence-electron chi connectivity index (χ0n) is 9.60.